The zero-order chi connectivity index (χ0) is 21.4. The number of H-pyrrole nitrogens is 1. The molecule has 2 aliphatic rings. The SMILES string of the molecule is CN1CCN(c2ncc(C(=O)Nc3cc(C4Nc5ccccc5N4)[nH]n3)cc2Cl)CC1. The molecule has 0 bridgehead atoms. The fraction of sp³-hybridized carbons (Fsp3) is 0.286. The monoisotopic (exact) mass is 438 g/mol. The van der Waals surface area contributed by atoms with Crippen LogP contribution >= 0.6 is 11.6 Å². The van der Waals surface area contributed by atoms with Gasteiger partial charge in [0.15, 0.2) is 5.82 Å². The van der Waals surface area contributed by atoms with Gasteiger partial charge in [-0.2, -0.15) is 5.10 Å². The Morgan fingerprint density at radius 3 is 2.52 bits per heavy atom. The van der Waals surface area contributed by atoms with Crippen LogP contribution in [0.1, 0.15) is 22.2 Å². The lowest BCUT2D eigenvalue weighted by Gasteiger charge is -2.33. The molecule has 0 radical (unpaired) electrons. The van der Waals surface area contributed by atoms with Crippen LogP contribution in [0, 0.1) is 0 Å². The topological polar surface area (TPSA) is 101 Å². The van der Waals surface area contributed by atoms with Crippen LogP contribution in [-0.4, -0.2) is 59.2 Å². The number of aromatic nitrogens is 3. The first-order valence-corrected chi connectivity index (χ1v) is 10.5. The minimum atomic E-state index is -0.312. The number of anilines is 4. The third kappa shape index (κ3) is 4.01. The highest BCUT2D eigenvalue weighted by molar-refractivity contribution is 6.33. The van der Waals surface area contributed by atoms with Crippen LogP contribution in [0.2, 0.25) is 5.02 Å². The Bertz CT molecular complexity index is 1080. The van der Waals surface area contributed by atoms with Crippen LogP contribution in [0.4, 0.5) is 23.0 Å². The Morgan fingerprint density at radius 1 is 1.13 bits per heavy atom. The summed E-state index contributed by atoms with van der Waals surface area (Å²) in [6.07, 6.45) is 1.41. The molecule has 9 nitrogen and oxygen atoms in total. The summed E-state index contributed by atoms with van der Waals surface area (Å²) in [5.74, 6) is 0.832. The number of hydrogen-bond donors (Lipinski definition) is 4. The van der Waals surface area contributed by atoms with Gasteiger partial charge in [-0.15, -0.1) is 0 Å². The van der Waals surface area contributed by atoms with E-state index in [1.807, 2.05) is 24.3 Å². The molecule has 10 heteroatoms. The number of fused-ring (bicyclic) bond motifs is 1. The number of pyridine rings is 1. The number of hydrogen-bond acceptors (Lipinski definition) is 7. The van der Waals surface area contributed by atoms with Gasteiger partial charge in [0.1, 0.15) is 12.0 Å². The molecule has 31 heavy (non-hydrogen) atoms. The number of carbonyl (C=O) groups is 1. The molecule has 0 unspecified atom stereocenters. The number of piperazine rings is 1. The fourth-order valence-corrected chi connectivity index (χ4v) is 4.07. The Morgan fingerprint density at radius 2 is 1.84 bits per heavy atom. The van der Waals surface area contributed by atoms with Gasteiger partial charge in [0, 0.05) is 38.4 Å². The lowest BCUT2D eigenvalue weighted by molar-refractivity contribution is 0.102. The maximum Gasteiger partial charge on any atom is 0.258 e. The van der Waals surface area contributed by atoms with Crippen molar-refractivity contribution in [3.63, 3.8) is 0 Å². The molecular weight excluding hydrogens is 416 g/mol. The van der Waals surface area contributed by atoms with Gasteiger partial charge in [0.25, 0.3) is 5.91 Å². The molecule has 3 aromatic rings. The summed E-state index contributed by atoms with van der Waals surface area (Å²) in [5.41, 5.74) is 3.24. The van der Waals surface area contributed by atoms with E-state index in [0.717, 1.165) is 43.2 Å². The van der Waals surface area contributed by atoms with E-state index in [0.29, 0.717) is 22.2 Å². The van der Waals surface area contributed by atoms with Gasteiger partial charge in [0.05, 0.1) is 27.7 Å². The summed E-state index contributed by atoms with van der Waals surface area (Å²) in [6, 6.07) is 11.4. The van der Waals surface area contributed by atoms with Gasteiger partial charge in [-0.25, -0.2) is 4.98 Å². The van der Waals surface area contributed by atoms with E-state index in [2.05, 4.69) is 48.0 Å². The molecule has 2 aliphatic heterocycles. The van der Waals surface area contributed by atoms with Gasteiger partial charge in [-0.1, -0.05) is 23.7 Å². The molecule has 0 atom stereocenters. The van der Waals surface area contributed by atoms with Crippen LogP contribution in [0.3, 0.4) is 0 Å². The summed E-state index contributed by atoms with van der Waals surface area (Å²) >= 11 is 6.44. The average Bonchev–Trinajstić information content (AvgIpc) is 3.41. The standard InChI is InChI=1S/C21H23ClN8O/c1-29-6-8-30(9-7-29)20-14(22)10-13(12-23-20)21(31)26-18-11-17(27-28-18)19-24-15-4-2-3-5-16(15)25-19/h2-5,10-12,19,24-25H,6-9H2,1H3,(H2,26,27,28,31). The lowest BCUT2D eigenvalue weighted by Crippen LogP contribution is -2.45. The molecule has 160 valence electrons. The van der Waals surface area contributed by atoms with Crippen molar-refractivity contribution in [1.82, 2.24) is 20.1 Å². The van der Waals surface area contributed by atoms with E-state index in [4.69, 9.17) is 11.6 Å². The highest BCUT2D eigenvalue weighted by Crippen LogP contribution is 2.34. The molecule has 5 rings (SSSR count). The number of nitrogens with zero attached hydrogens (tertiary/aromatic N) is 4. The predicted molar refractivity (Wildman–Crippen MR) is 122 cm³/mol. The minimum absolute atomic E-state index is 0.144. The number of nitrogens with one attached hydrogen (secondary N) is 4. The molecule has 0 aliphatic carbocycles. The van der Waals surface area contributed by atoms with Gasteiger partial charge in [0.2, 0.25) is 0 Å². The van der Waals surface area contributed by atoms with Crippen molar-refractivity contribution in [1.29, 1.82) is 0 Å². The summed E-state index contributed by atoms with van der Waals surface area (Å²) in [5, 5.41) is 17.2. The van der Waals surface area contributed by atoms with Crippen molar-refractivity contribution < 1.29 is 4.79 Å². The third-order valence-corrected chi connectivity index (χ3v) is 5.84. The van der Waals surface area contributed by atoms with E-state index >= 15 is 0 Å². The number of amides is 1. The zero-order valence-electron chi connectivity index (χ0n) is 17.0. The molecule has 4 N–H and O–H groups in total. The van der Waals surface area contributed by atoms with Crippen LogP contribution in [0.15, 0.2) is 42.6 Å². The largest absolute Gasteiger partial charge is 0.359 e. The van der Waals surface area contributed by atoms with Crippen molar-refractivity contribution in [2.24, 2.45) is 0 Å². The Kier molecular flexibility index (Phi) is 5.13. The molecule has 4 heterocycles. The first-order valence-electron chi connectivity index (χ1n) is 10.1. The van der Waals surface area contributed by atoms with Gasteiger partial charge in [-0.05, 0) is 25.2 Å². The van der Waals surface area contributed by atoms with Crippen molar-refractivity contribution in [2.75, 3.05) is 54.1 Å². The maximum atomic E-state index is 12.7. The summed E-state index contributed by atoms with van der Waals surface area (Å²) in [4.78, 5) is 21.5. The lowest BCUT2D eigenvalue weighted by atomic mass is 10.2. The number of aromatic amines is 1. The number of para-hydroxylation sites is 2. The second-order valence-electron chi connectivity index (χ2n) is 7.75. The number of carbonyl (C=O) groups excluding carboxylic acids is 1. The first kappa shape index (κ1) is 19.7. The zero-order valence-corrected chi connectivity index (χ0v) is 17.8. The average molecular weight is 439 g/mol. The number of rotatable bonds is 4. The molecule has 1 fully saturated rings. The van der Waals surface area contributed by atoms with E-state index in [1.165, 1.54) is 0 Å². The molecule has 0 spiro atoms. The number of benzene rings is 1. The highest BCUT2D eigenvalue weighted by atomic mass is 35.5. The highest BCUT2D eigenvalue weighted by Gasteiger charge is 2.23. The van der Waals surface area contributed by atoms with Gasteiger partial charge < -0.3 is 25.8 Å². The van der Waals surface area contributed by atoms with Gasteiger partial charge in [-0.3, -0.25) is 9.89 Å². The van der Waals surface area contributed by atoms with Crippen molar-refractivity contribution in [3.05, 3.63) is 58.9 Å². The second kappa shape index (κ2) is 8.09. The molecule has 1 saturated heterocycles. The van der Waals surface area contributed by atoms with Crippen molar-refractivity contribution >= 4 is 40.5 Å². The van der Waals surface area contributed by atoms with E-state index in [9.17, 15) is 4.79 Å². The summed E-state index contributed by atoms with van der Waals surface area (Å²) < 4.78 is 0. The predicted octanol–water partition coefficient (Wildman–Crippen LogP) is 3.00. The molecule has 0 saturated carbocycles. The Labute approximate surface area is 184 Å². The third-order valence-electron chi connectivity index (χ3n) is 5.56. The Balaban J connectivity index is 1.24. The maximum absolute atomic E-state index is 12.7. The number of likely N-dealkylation sites (N-methyl/N-ethyl adjacent to an activating group) is 1. The smallest absolute Gasteiger partial charge is 0.258 e. The molecule has 2 aromatic heterocycles. The minimum Gasteiger partial charge on any atom is -0.359 e. The van der Waals surface area contributed by atoms with Gasteiger partial charge >= 0.3 is 0 Å². The quantitative estimate of drug-likeness (QED) is 0.496. The summed E-state index contributed by atoms with van der Waals surface area (Å²) in [6.45, 7) is 3.63. The van der Waals surface area contributed by atoms with Crippen molar-refractivity contribution in [2.45, 2.75) is 6.17 Å². The van der Waals surface area contributed by atoms with Crippen molar-refractivity contribution in [3.8, 4) is 0 Å². The first-order chi connectivity index (χ1) is 15.1. The van der Waals surface area contributed by atoms with Crippen LogP contribution in [0.5, 0.6) is 0 Å². The second-order valence-corrected chi connectivity index (χ2v) is 8.16. The van der Waals surface area contributed by atoms with Crippen LogP contribution in [-0.2, 0) is 0 Å². The molecule has 1 aromatic carbocycles. The Hall–Kier alpha value is -3.30. The molecule has 1 amide bonds. The van der Waals surface area contributed by atoms with E-state index < -0.39 is 0 Å². The fourth-order valence-electron chi connectivity index (χ4n) is 3.78. The summed E-state index contributed by atoms with van der Waals surface area (Å²) in [7, 11) is 2.10. The van der Waals surface area contributed by atoms with Crippen LogP contribution in [0.25, 0.3) is 0 Å². The number of halogens is 1. The van der Waals surface area contributed by atoms with E-state index in [1.54, 1.807) is 18.3 Å². The normalized spacial score (nSPS) is 16.5. The van der Waals surface area contributed by atoms with Crippen LogP contribution < -0.4 is 20.9 Å². The molecular formula is C21H23ClN8O. The van der Waals surface area contributed by atoms with E-state index in [-0.39, 0.29) is 12.1 Å².